The van der Waals surface area contributed by atoms with Crippen LogP contribution in [-0.4, -0.2) is 18.1 Å². The van der Waals surface area contributed by atoms with Gasteiger partial charge in [0.2, 0.25) is 0 Å². The fraction of sp³-hybridized carbons (Fsp3) is 0.923. The van der Waals surface area contributed by atoms with Gasteiger partial charge in [0.25, 0.3) is 0 Å². The van der Waals surface area contributed by atoms with Gasteiger partial charge in [0.1, 0.15) is 6.10 Å². The SMILES string of the molecule is CC1CCC(OC(=O)CC(N)C(C)C)CC1. The molecule has 0 radical (unpaired) electrons. The maximum atomic E-state index is 11.6. The molecule has 1 saturated carbocycles. The predicted octanol–water partition coefficient (Wildman–Crippen LogP) is 2.48. The minimum absolute atomic E-state index is 0.0741. The maximum Gasteiger partial charge on any atom is 0.307 e. The second kappa shape index (κ2) is 6.24. The van der Waals surface area contributed by atoms with Crippen LogP contribution in [0.4, 0.5) is 0 Å². The first-order valence-corrected chi connectivity index (χ1v) is 6.44. The standard InChI is InChI=1S/C13H25NO2/c1-9(2)12(14)8-13(15)16-11-6-4-10(3)5-7-11/h9-12H,4-8,14H2,1-3H3. The Labute approximate surface area is 98.7 Å². The molecule has 1 rings (SSSR count). The lowest BCUT2D eigenvalue weighted by Crippen LogP contribution is -2.32. The van der Waals surface area contributed by atoms with E-state index >= 15 is 0 Å². The van der Waals surface area contributed by atoms with Gasteiger partial charge in [0.05, 0.1) is 6.42 Å². The van der Waals surface area contributed by atoms with Crippen LogP contribution in [0.3, 0.4) is 0 Å². The first-order chi connectivity index (χ1) is 7.49. The van der Waals surface area contributed by atoms with E-state index in [1.54, 1.807) is 0 Å². The molecule has 0 aliphatic heterocycles. The number of esters is 1. The molecule has 0 aromatic heterocycles. The van der Waals surface area contributed by atoms with Crippen molar-refractivity contribution in [2.45, 2.75) is 65.0 Å². The van der Waals surface area contributed by atoms with Crippen molar-refractivity contribution in [2.75, 3.05) is 0 Å². The van der Waals surface area contributed by atoms with Crippen LogP contribution in [0, 0.1) is 11.8 Å². The third kappa shape index (κ3) is 4.52. The number of ether oxygens (including phenoxy) is 1. The van der Waals surface area contributed by atoms with Gasteiger partial charge in [-0.2, -0.15) is 0 Å². The quantitative estimate of drug-likeness (QED) is 0.751. The highest BCUT2D eigenvalue weighted by Gasteiger charge is 2.22. The summed E-state index contributed by atoms with van der Waals surface area (Å²) < 4.78 is 5.44. The van der Waals surface area contributed by atoms with E-state index < -0.39 is 0 Å². The zero-order valence-electron chi connectivity index (χ0n) is 10.7. The average Bonchev–Trinajstić information content (AvgIpc) is 2.21. The topological polar surface area (TPSA) is 52.3 Å². The summed E-state index contributed by atoms with van der Waals surface area (Å²) >= 11 is 0. The molecular formula is C13H25NO2. The number of nitrogens with two attached hydrogens (primary N) is 1. The van der Waals surface area contributed by atoms with Crippen molar-refractivity contribution >= 4 is 5.97 Å². The fourth-order valence-electron chi connectivity index (χ4n) is 2.01. The van der Waals surface area contributed by atoms with Crippen LogP contribution >= 0.6 is 0 Å². The van der Waals surface area contributed by atoms with Crippen molar-refractivity contribution in [3.63, 3.8) is 0 Å². The van der Waals surface area contributed by atoms with Crippen molar-refractivity contribution in [2.24, 2.45) is 17.6 Å². The molecule has 1 aliphatic rings. The number of hydrogen-bond acceptors (Lipinski definition) is 3. The smallest absolute Gasteiger partial charge is 0.307 e. The van der Waals surface area contributed by atoms with Crippen LogP contribution in [0.5, 0.6) is 0 Å². The lowest BCUT2D eigenvalue weighted by Gasteiger charge is -2.26. The lowest BCUT2D eigenvalue weighted by molar-refractivity contribution is -0.151. The molecule has 0 amide bonds. The highest BCUT2D eigenvalue weighted by Crippen LogP contribution is 2.25. The van der Waals surface area contributed by atoms with Gasteiger partial charge in [0, 0.05) is 6.04 Å². The second-order valence-corrected chi connectivity index (χ2v) is 5.48. The van der Waals surface area contributed by atoms with Crippen molar-refractivity contribution in [1.82, 2.24) is 0 Å². The molecule has 1 unspecified atom stereocenters. The molecule has 1 fully saturated rings. The summed E-state index contributed by atoms with van der Waals surface area (Å²) in [6.45, 7) is 6.31. The number of hydrogen-bond donors (Lipinski definition) is 1. The molecule has 0 aromatic rings. The van der Waals surface area contributed by atoms with E-state index in [4.69, 9.17) is 10.5 Å². The van der Waals surface area contributed by atoms with Crippen molar-refractivity contribution in [1.29, 1.82) is 0 Å². The highest BCUT2D eigenvalue weighted by atomic mass is 16.5. The molecule has 0 saturated heterocycles. The Morgan fingerprint density at radius 3 is 2.38 bits per heavy atom. The van der Waals surface area contributed by atoms with Gasteiger partial charge < -0.3 is 10.5 Å². The molecule has 2 N–H and O–H groups in total. The monoisotopic (exact) mass is 227 g/mol. The largest absolute Gasteiger partial charge is 0.462 e. The fourth-order valence-corrected chi connectivity index (χ4v) is 2.01. The van der Waals surface area contributed by atoms with E-state index in [2.05, 4.69) is 6.92 Å². The number of carbonyl (C=O) groups is 1. The predicted molar refractivity (Wildman–Crippen MR) is 64.9 cm³/mol. The summed E-state index contributed by atoms with van der Waals surface area (Å²) in [5.41, 5.74) is 5.84. The van der Waals surface area contributed by atoms with E-state index in [1.165, 1.54) is 12.8 Å². The highest BCUT2D eigenvalue weighted by molar-refractivity contribution is 5.70. The van der Waals surface area contributed by atoms with Crippen LogP contribution in [0.15, 0.2) is 0 Å². The van der Waals surface area contributed by atoms with Crippen molar-refractivity contribution in [3.05, 3.63) is 0 Å². The maximum absolute atomic E-state index is 11.6. The minimum Gasteiger partial charge on any atom is -0.462 e. The van der Waals surface area contributed by atoms with Gasteiger partial charge in [-0.25, -0.2) is 0 Å². The summed E-state index contributed by atoms with van der Waals surface area (Å²) in [5, 5.41) is 0. The van der Waals surface area contributed by atoms with Crippen LogP contribution in [0.1, 0.15) is 52.9 Å². The van der Waals surface area contributed by atoms with E-state index in [9.17, 15) is 4.79 Å². The van der Waals surface area contributed by atoms with Gasteiger partial charge in [-0.3, -0.25) is 4.79 Å². The van der Waals surface area contributed by atoms with Crippen LogP contribution < -0.4 is 5.73 Å². The molecule has 0 aromatic carbocycles. The van der Waals surface area contributed by atoms with Gasteiger partial charge >= 0.3 is 5.97 Å². The normalized spacial score (nSPS) is 27.8. The first kappa shape index (κ1) is 13.5. The van der Waals surface area contributed by atoms with Gasteiger partial charge in [-0.05, 0) is 37.5 Å². The van der Waals surface area contributed by atoms with Crippen LogP contribution in [0.25, 0.3) is 0 Å². The zero-order chi connectivity index (χ0) is 12.1. The average molecular weight is 227 g/mol. The molecule has 0 heterocycles. The van der Waals surface area contributed by atoms with Crippen LogP contribution in [-0.2, 0) is 9.53 Å². The van der Waals surface area contributed by atoms with Gasteiger partial charge in [0.15, 0.2) is 0 Å². The molecular weight excluding hydrogens is 202 g/mol. The van der Waals surface area contributed by atoms with Crippen molar-refractivity contribution < 1.29 is 9.53 Å². The number of rotatable bonds is 4. The van der Waals surface area contributed by atoms with E-state index in [0.29, 0.717) is 12.3 Å². The molecule has 1 aliphatic carbocycles. The first-order valence-electron chi connectivity index (χ1n) is 6.44. The summed E-state index contributed by atoms with van der Waals surface area (Å²) in [5.74, 6) is 0.993. The van der Waals surface area contributed by atoms with E-state index in [0.717, 1.165) is 18.8 Å². The Bertz CT molecular complexity index is 220. The molecule has 94 valence electrons. The van der Waals surface area contributed by atoms with Crippen molar-refractivity contribution in [3.8, 4) is 0 Å². The Morgan fingerprint density at radius 1 is 1.31 bits per heavy atom. The van der Waals surface area contributed by atoms with Crippen LogP contribution in [0.2, 0.25) is 0 Å². The Kier molecular flexibility index (Phi) is 5.26. The number of carbonyl (C=O) groups excluding carboxylic acids is 1. The van der Waals surface area contributed by atoms with E-state index in [-0.39, 0.29) is 18.1 Å². The molecule has 1 atom stereocenters. The summed E-state index contributed by atoms with van der Waals surface area (Å²) in [7, 11) is 0. The Morgan fingerprint density at radius 2 is 1.88 bits per heavy atom. The Hall–Kier alpha value is -0.570. The third-order valence-electron chi connectivity index (χ3n) is 3.52. The molecule has 3 nitrogen and oxygen atoms in total. The summed E-state index contributed by atoms with van der Waals surface area (Å²) in [4.78, 5) is 11.6. The lowest BCUT2D eigenvalue weighted by atomic mass is 9.89. The molecule has 0 spiro atoms. The third-order valence-corrected chi connectivity index (χ3v) is 3.52. The zero-order valence-corrected chi connectivity index (χ0v) is 10.7. The minimum atomic E-state index is -0.124. The van der Waals surface area contributed by atoms with Gasteiger partial charge in [-0.1, -0.05) is 20.8 Å². The molecule has 3 heteroatoms. The molecule has 16 heavy (non-hydrogen) atoms. The molecule has 0 bridgehead atoms. The summed E-state index contributed by atoms with van der Waals surface area (Å²) in [6, 6.07) is -0.0741. The summed E-state index contributed by atoms with van der Waals surface area (Å²) in [6.07, 6.45) is 4.88. The Balaban J connectivity index is 2.24. The van der Waals surface area contributed by atoms with E-state index in [1.807, 2.05) is 13.8 Å². The second-order valence-electron chi connectivity index (χ2n) is 5.48. The van der Waals surface area contributed by atoms with Gasteiger partial charge in [-0.15, -0.1) is 0 Å².